The number of anilines is 6. The number of hydrogen-bond acceptors (Lipinski definition) is 8. The minimum absolute atomic E-state index is 0.0545. The first-order valence-electron chi connectivity index (χ1n) is 29.8. The number of fused-ring (bicyclic) bond motifs is 12. The van der Waals surface area contributed by atoms with Crippen LogP contribution >= 0.6 is 68.0 Å². The van der Waals surface area contributed by atoms with Gasteiger partial charge in [-0.05, 0) is 214 Å². The third-order valence-electron chi connectivity index (χ3n) is 17.9. The summed E-state index contributed by atoms with van der Waals surface area (Å²) in [6.45, 7) is 18.9. The summed E-state index contributed by atoms with van der Waals surface area (Å²) in [5.41, 5.74) is 17.9. The van der Waals surface area contributed by atoms with Crippen molar-refractivity contribution in [2.75, 3.05) is 9.80 Å². The Morgan fingerprint density at radius 1 is 0.337 bits per heavy atom. The van der Waals surface area contributed by atoms with E-state index < -0.39 is 0 Å². The molecule has 0 saturated carbocycles. The lowest BCUT2D eigenvalue weighted by molar-refractivity contribution is 0.591. The monoisotopic (exact) mass is 1210 g/mol. The van der Waals surface area contributed by atoms with Crippen LogP contribution in [0.1, 0.15) is 78.0 Å². The van der Waals surface area contributed by atoms with Gasteiger partial charge in [0.25, 0.3) is 6.71 Å². The summed E-state index contributed by atoms with van der Waals surface area (Å²) >= 11 is 11.5. The van der Waals surface area contributed by atoms with Crippen molar-refractivity contribution in [2.24, 2.45) is 0 Å². The van der Waals surface area contributed by atoms with Gasteiger partial charge in [-0.2, -0.15) is 0 Å². The molecule has 0 radical (unpaired) electrons. The molecule has 9 aromatic carbocycles. The third-order valence-corrected chi connectivity index (χ3v) is 24.9. The van der Waals surface area contributed by atoms with E-state index in [1.165, 1.54) is 168 Å². The molecule has 0 spiro atoms. The van der Waals surface area contributed by atoms with Gasteiger partial charge >= 0.3 is 0 Å². The number of rotatable bonds is 7. The van der Waals surface area contributed by atoms with Crippen molar-refractivity contribution in [3.05, 3.63) is 223 Å². The Hall–Kier alpha value is -7.60. The van der Waals surface area contributed by atoms with Crippen LogP contribution in [0, 0.1) is 0 Å². The van der Waals surface area contributed by atoms with Crippen molar-refractivity contribution < 1.29 is 0 Å². The van der Waals surface area contributed by atoms with Gasteiger partial charge in [0, 0.05) is 70.5 Å². The van der Waals surface area contributed by atoms with Crippen molar-refractivity contribution in [2.45, 2.75) is 72.1 Å². The van der Waals surface area contributed by atoms with Crippen molar-refractivity contribution in [3.8, 4) is 41.8 Å². The van der Waals surface area contributed by atoms with E-state index in [1.807, 2.05) is 68.0 Å². The van der Waals surface area contributed by atoms with E-state index in [9.17, 15) is 0 Å². The topological polar surface area (TPSA) is 6.48 Å². The average Bonchev–Trinajstić information content (AvgIpc) is 1.39. The molecule has 0 bridgehead atoms. The summed E-state index contributed by atoms with van der Waals surface area (Å²) in [6, 6.07) is 80.1. The molecule has 0 atom stereocenters. The van der Waals surface area contributed by atoms with Gasteiger partial charge in [-0.25, -0.2) is 0 Å². The zero-order valence-corrected chi connectivity index (χ0v) is 54.0. The molecule has 15 aromatic rings. The summed E-state index contributed by atoms with van der Waals surface area (Å²) in [4.78, 5) is 10.5. The number of nitrogens with zero attached hydrogens (tertiary/aromatic N) is 2. The molecule has 2 aliphatic rings. The Balaban J connectivity index is 1.00. The van der Waals surface area contributed by atoms with Gasteiger partial charge in [-0.15, -0.1) is 68.0 Å². The summed E-state index contributed by atoms with van der Waals surface area (Å²) in [7, 11) is 0. The smallest absolute Gasteiger partial charge is 0.256 e. The Morgan fingerprint density at radius 2 is 0.674 bits per heavy atom. The van der Waals surface area contributed by atoms with Crippen molar-refractivity contribution in [1.82, 2.24) is 0 Å². The van der Waals surface area contributed by atoms with Crippen LogP contribution in [-0.4, -0.2) is 6.71 Å². The van der Waals surface area contributed by atoms with Gasteiger partial charge in [-0.3, -0.25) is 0 Å². The number of thiophene rings is 6. The fourth-order valence-corrected chi connectivity index (χ4v) is 20.1. The van der Waals surface area contributed by atoms with E-state index in [1.54, 1.807) is 0 Å². The van der Waals surface area contributed by atoms with E-state index in [4.69, 9.17) is 0 Å². The second-order valence-electron chi connectivity index (χ2n) is 25.9. The van der Waals surface area contributed by atoms with Crippen molar-refractivity contribution >= 4 is 184 Å². The maximum atomic E-state index is 2.72. The van der Waals surface area contributed by atoms with Crippen LogP contribution in [0.15, 0.2) is 206 Å². The lowest BCUT2D eigenvalue weighted by Crippen LogP contribution is -2.60. The lowest BCUT2D eigenvalue weighted by Gasteiger charge is -2.43. The third kappa shape index (κ3) is 8.48. The molecule has 0 fully saturated rings. The standard InChI is InChI=1S/C77H59BN2S6/c1-43(2)48-35-59-73-60(36-48)80(56-33-51(69-39-46-19-11-15-23-63(46)83-69)30-52(34-56)70-40-47-20-12-16-24-64(47)84-70)75-72(58-42-54(77(6,7)8)26-28-66(58)86-75)78(73)71-57-41-53(76(3,4)5)25-27-65(57)85-74(71)79(59)55-31-49(67-37-44-17-9-13-21-61(44)81-67)29-50(32-55)68-38-45-18-10-14-22-62(45)82-68/h9-43H,1-8H3. The number of hydrogen-bond donors (Lipinski definition) is 0. The van der Waals surface area contributed by atoms with Crippen LogP contribution in [0.5, 0.6) is 0 Å². The zero-order chi connectivity index (χ0) is 58.1. The van der Waals surface area contributed by atoms with Crippen LogP contribution in [0.4, 0.5) is 32.8 Å². The van der Waals surface area contributed by atoms with Gasteiger partial charge in [0.05, 0.1) is 10.0 Å². The molecule has 8 heterocycles. The van der Waals surface area contributed by atoms with Crippen molar-refractivity contribution in [1.29, 1.82) is 0 Å². The predicted molar refractivity (Wildman–Crippen MR) is 386 cm³/mol. The molecule has 86 heavy (non-hydrogen) atoms. The molecule has 0 N–H and O–H groups in total. The highest BCUT2D eigenvalue weighted by atomic mass is 32.1. The second kappa shape index (κ2) is 19.5. The Kier molecular flexibility index (Phi) is 11.9. The summed E-state index contributed by atoms with van der Waals surface area (Å²) in [6.07, 6.45) is 0. The molecule has 0 unspecified atom stereocenters. The van der Waals surface area contributed by atoms with Crippen LogP contribution in [0.25, 0.3) is 102 Å². The maximum Gasteiger partial charge on any atom is 0.256 e. The Bertz CT molecular complexity index is 4650. The van der Waals surface area contributed by atoms with E-state index in [2.05, 4.69) is 271 Å². The average molecular weight is 1220 g/mol. The molecule has 6 aromatic heterocycles. The maximum absolute atomic E-state index is 2.72. The highest BCUT2D eigenvalue weighted by Gasteiger charge is 2.48. The summed E-state index contributed by atoms with van der Waals surface area (Å²) in [5, 5.41) is 10.4. The normalized spacial score (nSPS) is 13.4. The van der Waals surface area contributed by atoms with Crippen LogP contribution in [0.3, 0.4) is 0 Å². The molecule has 0 amide bonds. The minimum atomic E-state index is -0.0627. The van der Waals surface area contributed by atoms with E-state index in [-0.39, 0.29) is 23.5 Å². The first kappa shape index (κ1) is 52.7. The van der Waals surface area contributed by atoms with E-state index in [0.29, 0.717) is 0 Å². The van der Waals surface area contributed by atoms with Gasteiger partial charge in [0.15, 0.2) is 0 Å². The van der Waals surface area contributed by atoms with Gasteiger partial charge in [0.2, 0.25) is 0 Å². The van der Waals surface area contributed by atoms with Gasteiger partial charge in [0.1, 0.15) is 0 Å². The molecular weight excluding hydrogens is 1160 g/mol. The van der Waals surface area contributed by atoms with Crippen molar-refractivity contribution in [3.63, 3.8) is 0 Å². The quantitative estimate of drug-likeness (QED) is 0.147. The van der Waals surface area contributed by atoms with Crippen LogP contribution in [0.2, 0.25) is 0 Å². The number of benzene rings is 9. The second-order valence-corrected chi connectivity index (χ2v) is 32.3. The molecule has 0 saturated heterocycles. The Labute approximate surface area is 526 Å². The molecule has 17 rings (SSSR count). The van der Waals surface area contributed by atoms with Gasteiger partial charge in [-0.1, -0.05) is 152 Å². The highest BCUT2D eigenvalue weighted by molar-refractivity contribution is 7.29. The van der Waals surface area contributed by atoms with Crippen LogP contribution in [-0.2, 0) is 10.8 Å². The Morgan fingerprint density at radius 3 is 0.988 bits per heavy atom. The van der Waals surface area contributed by atoms with E-state index in [0.717, 1.165) is 0 Å². The molecule has 2 nitrogen and oxygen atoms in total. The first-order chi connectivity index (χ1) is 41.6. The SMILES string of the molecule is CC(C)c1cc2c3c(c1)N(c1cc(-c4cc5ccccc5s4)cc(-c4cc5ccccc5s4)c1)c1sc4ccc(C(C)(C)C)cc4c1B3c1c(sc3ccc(C(C)(C)C)cc13)N2c1cc(-c2cc3ccccc3s2)cc(-c2cc3ccccc3s2)c1. The molecule has 416 valence electrons. The fourth-order valence-electron chi connectivity index (χ4n) is 13.4. The van der Waals surface area contributed by atoms with Gasteiger partial charge < -0.3 is 9.80 Å². The highest BCUT2D eigenvalue weighted by Crippen LogP contribution is 2.54. The fraction of sp³-hybridized carbons (Fsp3) is 0.143. The minimum Gasteiger partial charge on any atom is -0.303 e. The molecular formula is C77H59BN2S6. The summed E-state index contributed by atoms with van der Waals surface area (Å²) < 4.78 is 7.85. The van der Waals surface area contributed by atoms with E-state index >= 15 is 0 Å². The molecule has 2 aliphatic heterocycles. The lowest BCUT2D eigenvalue weighted by atomic mass is 9.33. The first-order valence-corrected chi connectivity index (χ1v) is 34.7. The molecule has 0 aliphatic carbocycles. The zero-order valence-electron chi connectivity index (χ0n) is 49.1. The predicted octanol–water partition coefficient (Wildman–Crippen LogP) is 23.4. The molecule has 9 heteroatoms. The largest absolute Gasteiger partial charge is 0.303 e. The van der Waals surface area contributed by atoms with Crippen LogP contribution < -0.4 is 26.2 Å². The summed E-state index contributed by atoms with van der Waals surface area (Å²) in [5.74, 6) is 0.244.